The molecule has 0 aromatic carbocycles. The summed E-state index contributed by atoms with van der Waals surface area (Å²) in [7, 11) is 0. The molecule has 1 unspecified atom stereocenters. The first-order chi connectivity index (χ1) is 7.36. The number of hydrogen-bond acceptors (Lipinski definition) is 3. The van der Waals surface area contributed by atoms with E-state index >= 15 is 0 Å². The van der Waals surface area contributed by atoms with Crippen LogP contribution in [0.4, 0.5) is 0 Å². The van der Waals surface area contributed by atoms with Gasteiger partial charge in [0.25, 0.3) is 0 Å². The SMILES string of the molecule is Brc1nn2c(c1C1CCCN1)OCCC2. The first-order valence-corrected chi connectivity index (χ1v) is 6.28. The van der Waals surface area contributed by atoms with Crippen molar-refractivity contribution in [3.05, 3.63) is 10.2 Å². The van der Waals surface area contributed by atoms with Gasteiger partial charge in [-0.15, -0.1) is 0 Å². The Hall–Kier alpha value is -0.550. The first kappa shape index (κ1) is 9.66. The molecule has 0 bridgehead atoms. The Morgan fingerprint density at radius 1 is 1.47 bits per heavy atom. The summed E-state index contributed by atoms with van der Waals surface area (Å²) in [4.78, 5) is 0. The van der Waals surface area contributed by atoms with E-state index in [4.69, 9.17) is 4.74 Å². The summed E-state index contributed by atoms with van der Waals surface area (Å²) >= 11 is 3.54. The fourth-order valence-corrected chi connectivity index (χ4v) is 2.98. The number of nitrogens with one attached hydrogen (secondary N) is 1. The number of aryl methyl sites for hydroxylation is 1. The normalized spacial score (nSPS) is 25.0. The predicted octanol–water partition coefficient (Wildman–Crippen LogP) is 1.85. The fourth-order valence-electron chi connectivity index (χ4n) is 2.34. The third-order valence-corrected chi connectivity index (χ3v) is 3.64. The van der Waals surface area contributed by atoms with Gasteiger partial charge in [-0.3, -0.25) is 0 Å². The maximum Gasteiger partial charge on any atom is 0.217 e. The standard InChI is InChI=1S/C10H14BrN3O/c11-9-8(7-3-1-4-12-7)10-14(13-9)5-2-6-15-10/h7,12H,1-6H2. The Balaban J connectivity index is 2.01. The van der Waals surface area contributed by atoms with Crippen LogP contribution in [0.25, 0.3) is 0 Å². The Kier molecular flexibility index (Phi) is 2.44. The maximum absolute atomic E-state index is 5.72. The number of aromatic nitrogens is 2. The summed E-state index contributed by atoms with van der Waals surface area (Å²) < 4.78 is 8.64. The van der Waals surface area contributed by atoms with Gasteiger partial charge in [-0.1, -0.05) is 0 Å². The summed E-state index contributed by atoms with van der Waals surface area (Å²) in [6, 6.07) is 0.418. The lowest BCUT2D eigenvalue weighted by Gasteiger charge is -2.18. The van der Waals surface area contributed by atoms with E-state index in [1.54, 1.807) is 0 Å². The molecule has 5 heteroatoms. The Bertz CT molecular complexity index is 371. The van der Waals surface area contributed by atoms with Gasteiger partial charge in [0, 0.05) is 19.0 Å². The van der Waals surface area contributed by atoms with Gasteiger partial charge in [0.15, 0.2) is 0 Å². The van der Waals surface area contributed by atoms with Crippen LogP contribution in [-0.2, 0) is 6.54 Å². The van der Waals surface area contributed by atoms with Crippen LogP contribution in [-0.4, -0.2) is 22.9 Å². The van der Waals surface area contributed by atoms with Crippen LogP contribution in [0.5, 0.6) is 5.88 Å². The highest BCUT2D eigenvalue weighted by Crippen LogP contribution is 2.37. The van der Waals surface area contributed by atoms with E-state index in [-0.39, 0.29) is 0 Å². The van der Waals surface area contributed by atoms with Crippen molar-refractivity contribution >= 4 is 15.9 Å². The molecule has 1 aromatic rings. The van der Waals surface area contributed by atoms with Crippen molar-refractivity contribution < 1.29 is 4.74 Å². The molecule has 0 aliphatic carbocycles. The molecule has 1 fully saturated rings. The molecule has 0 spiro atoms. The molecule has 15 heavy (non-hydrogen) atoms. The molecule has 1 atom stereocenters. The summed E-state index contributed by atoms with van der Waals surface area (Å²) in [6.45, 7) is 2.89. The molecule has 1 aromatic heterocycles. The average Bonchev–Trinajstić information content (AvgIpc) is 2.82. The average molecular weight is 272 g/mol. The van der Waals surface area contributed by atoms with Crippen molar-refractivity contribution in [3.63, 3.8) is 0 Å². The molecule has 0 radical (unpaired) electrons. The quantitative estimate of drug-likeness (QED) is 0.848. The van der Waals surface area contributed by atoms with Gasteiger partial charge in [0.1, 0.15) is 4.60 Å². The molecule has 2 aliphatic rings. The monoisotopic (exact) mass is 271 g/mol. The molecule has 0 amide bonds. The summed E-state index contributed by atoms with van der Waals surface area (Å²) in [5.74, 6) is 0.965. The number of nitrogens with zero attached hydrogens (tertiary/aromatic N) is 2. The second-order valence-corrected chi connectivity index (χ2v) is 4.83. The van der Waals surface area contributed by atoms with Gasteiger partial charge in [-0.25, -0.2) is 4.68 Å². The largest absolute Gasteiger partial charge is 0.477 e. The molecule has 0 saturated carbocycles. The molecule has 3 heterocycles. The molecule has 82 valence electrons. The summed E-state index contributed by atoms with van der Waals surface area (Å²) in [6.07, 6.45) is 3.47. The van der Waals surface area contributed by atoms with Crippen LogP contribution < -0.4 is 10.1 Å². The molecular weight excluding hydrogens is 258 g/mol. The lowest BCUT2D eigenvalue weighted by molar-refractivity contribution is 0.226. The molecule has 4 nitrogen and oxygen atoms in total. The maximum atomic E-state index is 5.72. The van der Waals surface area contributed by atoms with E-state index in [0.29, 0.717) is 6.04 Å². The minimum atomic E-state index is 0.418. The third kappa shape index (κ3) is 1.58. The lowest BCUT2D eigenvalue weighted by atomic mass is 10.1. The van der Waals surface area contributed by atoms with E-state index < -0.39 is 0 Å². The zero-order chi connectivity index (χ0) is 10.3. The minimum absolute atomic E-state index is 0.418. The first-order valence-electron chi connectivity index (χ1n) is 5.48. The van der Waals surface area contributed by atoms with Crippen LogP contribution in [0.2, 0.25) is 0 Å². The van der Waals surface area contributed by atoms with E-state index in [1.165, 1.54) is 18.4 Å². The molecule has 3 rings (SSSR count). The van der Waals surface area contributed by atoms with Gasteiger partial charge >= 0.3 is 0 Å². The lowest BCUT2D eigenvalue weighted by Crippen LogP contribution is -2.18. The van der Waals surface area contributed by atoms with Crippen LogP contribution in [0.1, 0.15) is 30.9 Å². The zero-order valence-electron chi connectivity index (χ0n) is 8.50. The number of hydrogen-bond donors (Lipinski definition) is 1. The molecule has 1 N–H and O–H groups in total. The van der Waals surface area contributed by atoms with E-state index in [2.05, 4.69) is 26.3 Å². The van der Waals surface area contributed by atoms with E-state index in [0.717, 1.165) is 36.6 Å². The second kappa shape index (κ2) is 3.79. The van der Waals surface area contributed by atoms with Crippen molar-refractivity contribution in [2.24, 2.45) is 0 Å². The number of ether oxygens (including phenoxy) is 1. The second-order valence-electron chi connectivity index (χ2n) is 4.08. The highest BCUT2D eigenvalue weighted by atomic mass is 79.9. The topological polar surface area (TPSA) is 39.1 Å². The van der Waals surface area contributed by atoms with Gasteiger partial charge in [-0.05, 0) is 35.3 Å². The molecular formula is C10H14BrN3O. The minimum Gasteiger partial charge on any atom is -0.477 e. The molecule has 1 saturated heterocycles. The Labute approximate surface area is 97.1 Å². The zero-order valence-corrected chi connectivity index (χ0v) is 10.1. The summed E-state index contributed by atoms with van der Waals surface area (Å²) in [5, 5.41) is 7.95. The predicted molar refractivity (Wildman–Crippen MR) is 60.0 cm³/mol. The van der Waals surface area contributed by atoms with Crippen molar-refractivity contribution in [1.29, 1.82) is 0 Å². The van der Waals surface area contributed by atoms with E-state index in [9.17, 15) is 0 Å². The number of rotatable bonds is 1. The Morgan fingerprint density at radius 3 is 3.20 bits per heavy atom. The van der Waals surface area contributed by atoms with Crippen molar-refractivity contribution in [2.75, 3.05) is 13.2 Å². The highest BCUT2D eigenvalue weighted by Gasteiger charge is 2.28. The summed E-state index contributed by atoms with van der Waals surface area (Å²) in [5.41, 5.74) is 1.22. The Morgan fingerprint density at radius 2 is 2.40 bits per heavy atom. The van der Waals surface area contributed by atoms with Gasteiger partial charge in [-0.2, -0.15) is 5.10 Å². The van der Waals surface area contributed by atoms with Crippen LogP contribution in [0.15, 0.2) is 4.60 Å². The van der Waals surface area contributed by atoms with Crippen molar-refractivity contribution in [3.8, 4) is 5.88 Å². The number of halogens is 1. The van der Waals surface area contributed by atoms with Crippen LogP contribution in [0.3, 0.4) is 0 Å². The smallest absolute Gasteiger partial charge is 0.217 e. The molecule has 2 aliphatic heterocycles. The van der Waals surface area contributed by atoms with Crippen LogP contribution in [0, 0.1) is 0 Å². The van der Waals surface area contributed by atoms with Gasteiger partial charge < -0.3 is 10.1 Å². The van der Waals surface area contributed by atoms with Crippen molar-refractivity contribution in [1.82, 2.24) is 15.1 Å². The fraction of sp³-hybridized carbons (Fsp3) is 0.700. The van der Waals surface area contributed by atoms with Gasteiger partial charge in [0.2, 0.25) is 5.88 Å². The van der Waals surface area contributed by atoms with E-state index in [1.807, 2.05) is 4.68 Å². The number of fused-ring (bicyclic) bond motifs is 1. The third-order valence-electron chi connectivity index (χ3n) is 3.06. The van der Waals surface area contributed by atoms with Gasteiger partial charge in [0.05, 0.1) is 12.2 Å². The van der Waals surface area contributed by atoms with Crippen LogP contribution >= 0.6 is 15.9 Å². The van der Waals surface area contributed by atoms with Crippen molar-refractivity contribution in [2.45, 2.75) is 31.8 Å². The highest BCUT2D eigenvalue weighted by molar-refractivity contribution is 9.10.